The zero-order chi connectivity index (χ0) is 14.4. The van der Waals surface area contributed by atoms with Gasteiger partial charge >= 0.3 is 11.9 Å². The molecule has 0 fully saturated rings. The Morgan fingerprint density at radius 1 is 1.32 bits per heavy atom. The molecular formula is C13H17NO5. The molecule has 6 nitrogen and oxygen atoms in total. The summed E-state index contributed by atoms with van der Waals surface area (Å²) in [5.41, 5.74) is 0.0243. The zero-order valence-electron chi connectivity index (χ0n) is 10.9. The monoisotopic (exact) mass is 267 g/mol. The number of rotatable bonds is 7. The Morgan fingerprint density at radius 2 is 2.00 bits per heavy atom. The fraction of sp³-hybridized carbons (Fsp3) is 0.462. The van der Waals surface area contributed by atoms with Crippen LogP contribution in [0.5, 0.6) is 0 Å². The minimum Gasteiger partial charge on any atom is -0.478 e. The number of aromatic carboxylic acids is 2. The van der Waals surface area contributed by atoms with Crippen molar-refractivity contribution in [3.8, 4) is 0 Å². The average molecular weight is 267 g/mol. The maximum absolute atomic E-state index is 11.1. The molecular weight excluding hydrogens is 250 g/mol. The Labute approximate surface area is 111 Å². The molecule has 1 heterocycles. The van der Waals surface area contributed by atoms with E-state index in [-0.39, 0.29) is 22.9 Å². The second-order valence-electron chi connectivity index (χ2n) is 4.32. The van der Waals surface area contributed by atoms with Crippen LogP contribution in [0.1, 0.15) is 46.7 Å². The lowest BCUT2D eigenvalue weighted by molar-refractivity contribution is 0.0681. The van der Waals surface area contributed by atoms with Crippen LogP contribution in [0.4, 0.5) is 0 Å². The molecule has 1 aromatic heterocycles. The van der Waals surface area contributed by atoms with Crippen molar-refractivity contribution in [2.45, 2.75) is 32.8 Å². The Morgan fingerprint density at radius 3 is 2.53 bits per heavy atom. The molecule has 1 aromatic rings. The van der Waals surface area contributed by atoms with Gasteiger partial charge in [-0.3, -0.25) is 0 Å². The predicted molar refractivity (Wildman–Crippen MR) is 67.6 cm³/mol. The third-order valence-corrected chi connectivity index (χ3v) is 2.51. The lowest BCUT2D eigenvalue weighted by atomic mass is 10.0. The molecule has 104 valence electrons. The maximum atomic E-state index is 11.1. The highest BCUT2D eigenvalue weighted by Gasteiger charge is 2.19. The van der Waals surface area contributed by atoms with Gasteiger partial charge in [0.2, 0.25) is 0 Å². The highest BCUT2D eigenvalue weighted by atomic mass is 16.5. The Kier molecular flexibility index (Phi) is 5.44. The number of carboxylic acid groups (broad SMARTS) is 2. The van der Waals surface area contributed by atoms with Crippen LogP contribution in [0.15, 0.2) is 12.3 Å². The Hall–Kier alpha value is -1.95. The van der Waals surface area contributed by atoms with Crippen LogP contribution >= 0.6 is 0 Å². The minimum absolute atomic E-state index is 0.0167. The van der Waals surface area contributed by atoms with Crippen LogP contribution in [-0.4, -0.2) is 39.8 Å². The van der Waals surface area contributed by atoms with E-state index in [1.807, 2.05) is 13.8 Å². The molecule has 0 bridgehead atoms. The number of aromatic nitrogens is 1. The summed E-state index contributed by atoms with van der Waals surface area (Å²) < 4.78 is 5.35. The highest BCUT2D eigenvalue weighted by molar-refractivity contribution is 5.95. The number of carbonyl (C=O) groups is 2. The fourth-order valence-corrected chi connectivity index (χ4v) is 1.70. The van der Waals surface area contributed by atoms with Crippen molar-refractivity contribution in [3.05, 3.63) is 29.1 Å². The smallest absolute Gasteiger partial charge is 0.354 e. The van der Waals surface area contributed by atoms with E-state index in [0.717, 1.165) is 0 Å². The third kappa shape index (κ3) is 4.33. The third-order valence-electron chi connectivity index (χ3n) is 2.51. The van der Waals surface area contributed by atoms with Gasteiger partial charge in [-0.2, -0.15) is 0 Å². The second kappa shape index (κ2) is 6.84. The number of carboxylic acids is 2. The van der Waals surface area contributed by atoms with E-state index >= 15 is 0 Å². The van der Waals surface area contributed by atoms with E-state index in [1.54, 1.807) is 0 Å². The largest absolute Gasteiger partial charge is 0.478 e. The molecule has 0 aromatic carbocycles. The van der Waals surface area contributed by atoms with E-state index in [4.69, 9.17) is 14.9 Å². The summed E-state index contributed by atoms with van der Waals surface area (Å²) in [5.74, 6) is -2.37. The standard InChI is InChI=1S/C13H17NO5/c1-8(2)19-7-3-4-9-10(12(15)16)5-6-14-11(9)13(17)18/h5-6,8H,3-4,7H2,1-2H3,(H,15,16)(H,17,18). The first-order chi connectivity index (χ1) is 8.93. The summed E-state index contributed by atoms with van der Waals surface area (Å²) >= 11 is 0. The number of hydrogen-bond acceptors (Lipinski definition) is 4. The first-order valence-electron chi connectivity index (χ1n) is 5.99. The SMILES string of the molecule is CC(C)OCCCc1c(C(=O)O)ccnc1C(=O)O. The molecule has 0 saturated heterocycles. The number of hydrogen-bond donors (Lipinski definition) is 2. The summed E-state index contributed by atoms with van der Waals surface area (Å²) in [6.45, 7) is 4.25. The number of nitrogens with zero attached hydrogens (tertiary/aromatic N) is 1. The Balaban J connectivity index is 2.89. The van der Waals surface area contributed by atoms with Gasteiger partial charge in [0.15, 0.2) is 5.69 Å². The summed E-state index contributed by atoms with van der Waals surface area (Å²) in [4.78, 5) is 25.9. The van der Waals surface area contributed by atoms with Gasteiger partial charge in [0.1, 0.15) is 0 Å². The van der Waals surface area contributed by atoms with Crippen LogP contribution < -0.4 is 0 Å². The van der Waals surface area contributed by atoms with Gasteiger partial charge in [-0.1, -0.05) is 0 Å². The summed E-state index contributed by atoms with van der Waals surface area (Å²) in [6.07, 6.45) is 2.14. The summed E-state index contributed by atoms with van der Waals surface area (Å²) in [7, 11) is 0. The van der Waals surface area contributed by atoms with Gasteiger partial charge in [-0.25, -0.2) is 14.6 Å². The lowest BCUT2D eigenvalue weighted by Gasteiger charge is -2.10. The maximum Gasteiger partial charge on any atom is 0.354 e. The van der Waals surface area contributed by atoms with Crippen molar-refractivity contribution in [1.82, 2.24) is 4.98 Å². The van der Waals surface area contributed by atoms with E-state index in [1.165, 1.54) is 12.3 Å². The van der Waals surface area contributed by atoms with E-state index < -0.39 is 11.9 Å². The minimum atomic E-state index is -1.22. The molecule has 6 heteroatoms. The topological polar surface area (TPSA) is 96.7 Å². The average Bonchev–Trinajstić information content (AvgIpc) is 2.33. The first-order valence-corrected chi connectivity index (χ1v) is 5.99. The van der Waals surface area contributed by atoms with Crippen molar-refractivity contribution >= 4 is 11.9 Å². The number of ether oxygens (including phenoxy) is 1. The van der Waals surface area contributed by atoms with Crippen molar-refractivity contribution in [2.24, 2.45) is 0 Å². The van der Waals surface area contributed by atoms with Crippen LogP contribution in [0.2, 0.25) is 0 Å². The molecule has 0 radical (unpaired) electrons. The molecule has 0 atom stereocenters. The molecule has 0 spiro atoms. The number of pyridine rings is 1. The molecule has 0 amide bonds. The fourth-order valence-electron chi connectivity index (χ4n) is 1.70. The molecule has 0 aliphatic rings. The van der Waals surface area contributed by atoms with Gasteiger partial charge in [0.25, 0.3) is 0 Å². The molecule has 1 rings (SSSR count). The van der Waals surface area contributed by atoms with E-state index in [2.05, 4.69) is 4.98 Å². The van der Waals surface area contributed by atoms with Gasteiger partial charge < -0.3 is 14.9 Å². The Bertz CT molecular complexity index is 438. The van der Waals surface area contributed by atoms with Crippen LogP contribution in [0.3, 0.4) is 0 Å². The van der Waals surface area contributed by atoms with E-state index in [0.29, 0.717) is 19.4 Å². The van der Waals surface area contributed by atoms with Gasteiger partial charge in [0, 0.05) is 12.8 Å². The lowest BCUT2D eigenvalue weighted by Crippen LogP contribution is -2.13. The normalized spacial score (nSPS) is 10.7. The summed E-state index contributed by atoms with van der Waals surface area (Å²) in [5, 5.41) is 18.1. The quantitative estimate of drug-likeness (QED) is 0.731. The molecule has 0 saturated carbocycles. The molecule has 0 aliphatic heterocycles. The van der Waals surface area contributed by atoms with Gasteiger partial charge in [0.05, 0.1) is 11.7 Å². The van der Waals surface area contributed by atoms with Crippen molar-refractivity contribution in [2.75, 3.05) is 6.61 Å². The van der Waals surface area contributed by atoms with Crippen LogP contribution in [0.25, 0.3) is 0 Å². The van der Waals surface area contributed by atoms with Crippen molar-refractivity contribution < 1.29 is 24.5 Å². The first kappa shape index (κ1) is 15.1. The van der Waals surface area contributed by atoms with Crippen LogP contribution in [-0.2, 0) is 11.2 Å². The summed E-state index contributed by atoms with van der Waals surface area (Å²) in [6, 6.07) is 1.31. The molecule has 0 unspecified atom stereocenters. The van der Waals surface area contributed by atoms with Crippen LogP contribution in [0, 0.1) is 0 Å². The molecule has 19 heavy (non-hydrogen) atoms. The van der Waals surface area contributed by atoms with Crippen molar-refractivity contribution in [1.29, 1.82) is 0 Å². The highest BCUT2D eigenvalue weighted by Crippen LogP contribution is 2.15. The zero-order valence-corrected chi connectivity index (χ0v) is 10.9. The molecule has 0 aliphatic carbocycles. The predicted octanol–water partition coefficient (Wildman–Crippen LogP) is 1.84. The second-order valence-corrected chi connectivity index (χ2v) is 4.32. The van der Waals surface area contributed by atoms with Crippen molar-refractivity contribution in [3.63, 3.8) is 0 Å². The van der Waals surface area contributed by atoms with Gasteiger partial charge in [-0.05, 0) is 38.3 Å². The van der Waals surface area contributed by atoms with E-state index in [9.17, 15) is 9.59 Å². The van der Waals surface area contributed by atoms with Gasteiger partial charge in [-0.15, -0.1) is 0 Å². The molecule has 2 N–H and O–H groups in total.